The summed E-state index contributed by atoms with van der Waals surface area (Å²) in [6.45, 7) is -0.342. The Bertz CT molecular complexity index is 468. The molecule has 8 heteroatoms. The van der Waals surface area contributed by atoms with Crippen molar-refractivity contribution in [2.24, 2.45) is 0 Å². The maximum absolute atomic E-state index is 11.3. The lowest BCUT2D eigenvalue weighted by atomic mass is 10.1. The van der Waals surface area contributed by atoms with Crippen LogP contribution in [0.4, 0.5) is 0 Å². The second-order valence-electron chi connectivity index (χ2n) is 3.68. The van der Waals surface area contributed by atoms with Gasteiger partial charge in [-0.1, -0.05) is 24.3 Å². The second kappa shape index (κ2) is 7.37. The van der Waals surface area contributed by atoms with Crippen LogP contribution >= 0.6 is 7.82 Å². The Morgan fingerprint density at radius 2 is 2.00 bits per heavy atom. The lowest BCUT2D eigenvalue weighted by Gasteiger charge is -2.07. The molecule has 0 saturated heterocycles. The molecule has 1 rings (SSSR count). The summed E-state index contributed by atoms with van der Waals surface area (Å²) in [6.07, 6.45) is 0.0487. The highest BCUT2D eigenvalue weighted by Crippen LogP contribution is 2.36. The van der Waals surface area contributed by atoms with E-state index in [-0.39, 0.29) is 19.8 Å². The minimum absolute atomic E-state index is 0.0487. The molecule has 0 spiro atoms. The first-order valence-electron chi connectivity index (χ1n) is 5.33. The summed E-state index contributed by atoms with van der Waals surface area (Å²) in [6, 6.07) is 6.62. The third kappa shape index (κ3) is 7.05. The van der Waals surface area contributed by atoms with Crippen LogP contribution in [-0.4, -0.2) is 29.7 Å². The fourth-order valence-electron chi connectivity index (χ4n) is 1.33. The highest BCUT2D eigenvalue weighted by molar-refractivity contribution is 7.46. The molecular weight excluding hydrogens is 275 g/mol. The van der Waals surface area contributed by atoms with E-state index in [4.69, 9.17) is 14.5 Å². The summed E-state index contributed by atoms with van der Waals surface area (Å²) in [4.78, 5) is 28.5. The number of phosphoric ester groups is 1. The average Bonchev–Trinajstić information content (AvgIpc) is 2.33. The van der Waals surface area contributed by atoms with Crippen LogP contribution < -0.4 is 0 Å². The minimum Gasteiger partial charge on any atom is -0.438 e. The van der Waals surface area contributed by atoms with Crippen LogP contribution in [0.3, 0.4) is 0 Å². The van der Waals surface area contributed by atoms with Gasteiger partial charge in [-0.15, -0.1) is 0 Å². The van der Waals surface area contributed by atoms with Gasteiger partial charge in [0.1, 0.15) is 0 Å². The Morgan fingerprint density at radius 3 is 2.63 bits per heavy atom. The third-order valence-corrected chi connectivity index (χ3v) is 2.54. The lowest BCUT2D eigenvalue weighted by Crippen LogP contribution is -2.10. The van der Waals surface area contributed by atoms with Gasteiger partial charge < -0.3 is 19.3 Å². The molecular formula is C11H15O7P. The van der Waals surface area contributed by atoms with E-state index in [2.05, 4.69) is 9.26 Å². The highest BCUT2D eigenvalue weighted by atomic mass is 31.2. The van der Waals surface area contributed by atoms with Gasteiger partial charge in [-0.2, -0.15) is 0 Å². The van der Waals surface area contributed by atoms with E-state index in [0.717, 1.165) is 0 Å². The molecule has 0 bridgehead atoms. The van der Waals surface area contributed by atoms with Crippen LogP contribution in [0.25, 0.3) is 0 Å². The Balaban J connectivity index is 2.57. The van der Waals surface area contributed by atoms with Gasteiger partial charge in [-0.3, -0.25) is 9.32 Å². The smallest absolute Gasteiger partial charge is 0.438 e. The number of rotatable bonds is 7. The zero-order chi connectivity index (χ0) is 14.3. The van der Waals surface area contributed by atoms with Crippen molar-refractivity contribution < 1.29 is 33.1 Å². The number of carbonyl (C=O) groups is 1. The molecule has 0 heterocycles. The van der Waals surface area contributed by atoms with Gasteiger partial charge in [-0.05, 0) is 11.1 Å². The number of ether oxygens (including phenoxy) is 2. The summed E-state index contributed by atoms with van der Waals surface area (Å²) in [5, 5.41) is 0. The minimum atomic E-state index is -4.50. The number of hydrogen-bond donors (Lipinski definition) is 2. The Labute approximate surface area is 110 Å². The zero-order valence-corrected chi connectivity index (χ0v) is 11.2. The lowest BCUT2D eigenvalue weighted by molar-refractivity contribution is -0.153. The van der Waals surface area contributed by atoms with Crippen LogP contribution in [0, 0.1) is 0 Å². The summed E-state index contributed by atoms with van der Waals surface area (Å²) in [5.41, 5.74) is 1.22. The predicted octanol–water partition coefficient (Wildman–Crippen LogP) is 0.986. The Hall–Kier alpha value is -1.24. The number of benzene rings is 1. The number of esters is 1. The number of hydrogen-bond acceptors (Lipinski definition) is 5. The molecule has 0 unspecified atom stereocenters. The van der Waals surface area contributed by atoms with Gasteiger partial charge >= 0.3 is 13.8 Å². The van der Waals surface area contributed by atoms with E-state index in [9.17, 15) is 9.36 Å². The molecule has 0 fully saturated rings. The zero-order valence-electron chi connectivity index (χ0n) is 10.3. The fourth-order valence-corrected chi connectivity index (χ4v) is 1.65. The third-order valence-electron chi connectivity index (χ3n) is 2.08. The summed E-state index contributed by atoms with van der Waals surface area (Å²) in [5.74, 6) is -0.449. The summed E-state index contributed by atoms with van der Waals surface area (Å²) < 4.78 is 24.3. The maximum atomic E-state index is 11.3. The van der Waals surface area contributed by atoms with E-state index in [1.54, 1.807) is 24.3 Å². The van der Waals surface area contributed by atoms with Crippen LogP contribution in [0.15, 0.2) is 24.3 Å². The molecule has 0 atom stereocenters. The Morgan fingerprint density at radius 1 is 1.32 bits per heavy atom. The van der Waals surface area contributed by atoms with Crippen LogP contribution in [0.2, 0.25) is 0 Å². The van der Waals surface area contributed by atoms with E-state index in [1.165, 1.54) is 7.11 Å². The molecule has 1 aromatic rings. The molecule has 0 aromatic heterocycles. The molecule has 2 N–H and O–H groups in total. The van der Waals surface area contributed by atoms with Crippen molar-refractivity contribution in [1.29, 1.82) is 0 Å². The molecule has 0 aliphatic carbocycles. The van der Waals surface area contributed by atoms with Gasteiger partial charge in [0.15, 0.2) is 6.79 Å². The van der Waals surface area contributed by atoms with E-state index >= 15 is 0 Å². The number of methoxy groups -OCH3 is 1. The van der Waals surface area contributed by atoms with Crippen molar-refractivity contribution in [1.82, 2.24) is 0 Å². The molecule has 106 valence electrons. The molecule has 0 radical (unpaired) electrons. The molecule has 19 heavy (non-hydrogen) atoms. The number of carbonyl (C=O) groups excluding carboxylic acids is 1. The van der Waals surface area contributed by atoms with E-state index in [1.807, 2.05) is 0 Å². The van der Waals surface area contributed by atoms with Crippen molar-refractivity contribution in [3.63, 3.8) is 0 Å². The van der Waals surface area contributed by atoms with Crippen molar-refractivity contribution in [2.75, 3.05) is 13.9 Å². The average molecular weight is 290 g/mol. The topological polar surface area (TPSA) is 102 Å². The standard InChI is InChI=1S/C11H15O7P/c1-16-8-17-11(12)6-9-3-2-4-10(5-9)7-18-19(13,14)15/h2-5H,6-8H2,1H3,(H2,13,14,15). The first-order chi connectivity index (χ1) is 8.90. The molecule has 0 saturated carbocycles. The maximum Gasteiger partial charge on any atom is 0.469 e. The summed E-state index contributed by atoms with van der Waals surface area (Å²) in [7, 11) is -3.09. The molecule has 0 amide bonds. The van der Waals surface area contributed by atoms with Crippen LogP contribution in [-0.2, 0) is 36.4 Å². The van der Waals surface area contributed by atoms with Crippen molar-refractivity contribution >= 4 is 13.8 Å². The quantitative estimate of drug-likeness (QED) is 0.438. The summed E-state index contributed by atoms with van der Waals surface area (Å²) >= 11 is 0. The van der Waals surface area contributed by atoms with Crippen molar-refractivity contribution in [2.45, 2.75) is 13.0 Å². The first kappa shape index (κ1) is 15.8. The Kier molecular flexibility index (Phi) is 6.14. The van der Waals surface area contributed by atoms with Gasteiger partial charge in [0.05, 0.1) is 13.0 Å². The first-order valence-corrected chi connectivity index (χ1v) is 6.86. The van der Waals surface area contributed by atoms with Crippen molar-refractivity contribution in [3.05, 3.63) is 35.4 Å². The highest BCUT2D eigenvalue weighted by Gasteiger charge is 2.14. The van der Waals surface area contributed by atoms with Gasteiger partial charge in [0.2, 0.25) is 0 Å². The van der Waals surface area contributed by atoms with Crippen molar-refractivity contribution in [3.8, 4) is 0 Å². The van der Waals surface area contributed by atoms with Gasteiger partial charge in [0.25, 0.3) is 0 Å². The largest absolute Gasteiger partial charge is 0.469 e. The molecule has 0 aliphatic heterocycles. The van der Waals surface area contributed by atoms with Crippen LogP contribution in [0.5, 0.6) is 0 Å². The predicted molar refractivity (Wildman–Crippen MR) is 64.9 cm³/mol. The van der Waals surface area contributed by atoms with Crippen LogP contribution in [0.1, 0.15) is 11.1 Å². The monoisotopic (exact) mass is 290 g/mol. The normalized spacial score (nSPS) is 11.3. The van der Waals surface area contributed by atoms with Gasteiger partial charge in [0, 0.05) is 7.11 Å². The number of phosphoric acid groups is 1. The molecule has 7 nitrogen and oxygen atoms in total. The van der Waals surface area contributed by atoms with Gasteiger partial charge in [-0.25, -0.2) is 4.57 Å². The fraction of sp³-hybridized carbons (Fsp3) is 0.364. The van der Waals surface area contributed by atoms with E-state index in [0.29, 0.717) is 11.1 Å². The second-order valence-corrected chi connectivity index (χ2v) is 4.92. The SMILES string of the molecule is COCOC(=O)Cc1cccc(COP(=O)(O)O)c1. The van der Waals surface area contributed by atoms with E-state index < -0.39 is 13.8 Å². The molecule has 0 aliphatic rings. The molecule has 1 aromatic carbocycles.